The van der Waals surface area contributed by atoms with Crippen molar-refractivity contribution in [2.45, 2.75) is 51.6 Å². The maximum Gasteiger partial charge on any atom is 0.195 e. The first-order chi connectivity index (χ1) is 9.20. The highest BCUT2D eigenvalue weighted by Gasteiger charge is 2.32. The number of nitrogens with zero attached hydrogens (tertiary/aromatic N) is 3. The van der Waals surface area contributed by atoms with E-state index in [1.165, 1.54) is 30.8 Å². The molecule has 1 aliphatic carbocycles. The van der Waals surface area contributed by atoms with Crippen LogP contribution in [-0.4, -0.2) is 28.0 Å². The van der Waals surface area contributed by atoms with Gasteiger partial charge in [0.15, 0.2) is 10.8 Å². The van der Waals surface area contributed by atoms with Gasteiger partial charge in [-0.3, -0.25) is 4.40 Å². The number of anilines is 1. The minimum Gasteiger partial charge on any atom is -0.352 e. The van der Waals surface area contributed by atoms with Crippen molar-refractivity contribution in [2.24, 2.45) is 5.73 Å². The third-order valence-electron chi connectivity index (χ3n) is 3.58. The van der Waals surface area contributed by atoms with E-state index >= 15 is 0 Å². The van der Waals surface area contributed by atoms with Crippen LogP contribution in [-0.2, 0) is 6.42 Å². The Hall–Kier alpha value is -1.07. The van der Waals surface area contributed by atoms with Gasteiger partial charge in [0.2, 0.25) is 0 Å². The maximum atomic E-state index is 6.02. The minimum absolute atomic E-state index is 0.168. The zero-order valence-corrected chi connectivity index (χ0v) is 12.5. The van der Waals surface area contributed by atoms with Gasteiger partial charge in [-0.15, -0.1) is 11.3 Å². The Labute approximate surface area is 118 Å². The number of nitrogens with two attached hydrogens (primary N) is 1. The van der Waals surface area contributed by atoms with Gasteiger partial charge in [-0.2, -0.15) is 0 Å². The van der Waals surface area contributed by atoms with Crippen molar-refractivity contribution in [1.82, 2.24) is 9.38 Å². The van der Waals surface area contributed by atoms with Crippen LogP contribution in [0.25, 0.3) is 4.96 Å². The highest BCUT2D eigenvalue weighted by Crippen LogP contribution is 2.34. The molecule has 1 fully saturated rings. The first-order valence-corrected chi connectivity index (χ1v) is 8.05. The van der Waals surface area contributed by atoms with E-state index in [2.05, 4.69) is 34.7 Å². The molecule has 2 N–H and O–H groups in total. The molecule has 2 heterocycles. The quantitative estimate of drug-likeness (QED) is 0.883. The van der Waals surface area contributed by atoms with Crippen LogP contribution in [0.5, 0.6) is 0 Å². The SMILES string of the molecule is CCCN(c1nc2sccn2c1CC(C)N)C1CC1. The van der Waals surface area contributed by atoms with Crippen molar-refractivity contribution in [3.8, 4) is 0 Å². The van der Waals surface area contributed by atoms with E-state index in [1.54, 1.807) is 11.3 Å². The molecule has 104 valence electrons. The normalized spacial score (nSPS) is 17.0. The Bertz CT molecular complexity index is 553. The average molecular weight is 278 g/mol. The molecule has 0 saturated heterocycles. The molecule has 1 atom stereocenters. The zero-order valence-electron chi connectivity index (χ0n) is 11.7. The van der Waals surface area contributed by atoms with Crippen LogP contribution in [0.4, 0.5) is 5.82 Å². The molecule has 2 aromatic rings. The second-order valence-corrected chi connectivity index (χ2v) is 6.42. The van der Waals surface area contributed by atoms with Crippen LogP contribution in [0.2, 0.25) is 0 Å². The molecule has 0 bridgehead atoms. The van der Waals surface area contributed by atoms with E-state index in [-0.39, 0.29) is 6.04 Å². The molecular formula is C14H22N4S. The lowest BCUT2D eigenvalue weighted by molar-refractivity contribution is 0.699. The highest BCUT2D eigenvalue weighted by molar-refractivity contribution is 7.15. The van der Waals surface area contributed by atoms with Crippen molar-refractivity contribution in [3.63, 3.8) is 0 Å². The molecule has 4 nitrogen and oxygen atoms in total. The molecule has 0 aliphatic heterocycles. The lowest BCUT2D eigenvalue weighted by Crippen LogP contribution is -2.29. The summed E-state index contributed by atoms with van der Waals surface area (Å²) < 4.78 is 2.22. The van der Waals surface area contributed by atoms with Gasteiger partial charge in [0.05, 0.1) is 5.69 Å². The Balaban J connectivity index is 2.02. The van der Waals surface area contributed by atoms with E-state index in [1.807, 2.05) is 0 Å². The topological polar surface area (TPSA) is 46.6 Å². The van der Waals surface area contributed by atoms with Crippen molar-refractivity contribution < 1.29 is 0 Å². The average Bonchev–Trinajstić information content (AvgIpc) is 3.00. The fraction of sp³-hybridized carbons (Fsp3) is 0.643. The predicted octanol–water partition coefficient (Wildman–Crippen LogP) is 2.66. The van der Waals surface area contributed by atoms with Crippen LogP contribution in [0, 0.1) is 0 Å². The molecule has 0 aromatic carbocycles. The first-order valence-electron chi connectivity index (χ1n) is 7.17. The number of aromatic nitrogens is 2. The summed E-state index contributed by atoms with van der Waals surface area (Å²) in [6.45, 7) is 5.40. The summed E-state index contributed by atoms with van der Waals surface area (Å²) in [6.07, 6.45) is 6.79. The molecule has 3 rings (SSSR count). The maximum absolute atomic E-state index is 6.02. The molecule has 2 aromatic heterocycles. The number of fused-ring (bicyclic) bond motifs is 1. The van der Waals surface area contributed by atoms with Crippen LogP contribution >= 0.6 is 11.3 Å². The van der Waals surface area contributed by atoms with Crippen molar-refractivity contribution in [1.29, 1.82) is 0 Å². The molecule has 1 aliphatic rings. The molecule has 0 amide bonds. The number of hydrogen-bond acceptors (Lipinski definition) is 4. The summed E-state index contributed by atoms with van der Waals surface area (Å²) in [4.78, 5) is 8.45. The third kappa shape index (κ3) is 2.49. The molecule has 5 heteroatoms. The first kappa shape index (κ1) is 12.9. The van der Waals surface area contributed by atoms with Gasteiger partial charge in [0, 0.05) is 36.6 Å². The van der Waals surface area contributed by atoms with E-state index in [0.29, 0.717) is 6.04 Å². The third-order valence-corrected chi connectivity index (χ3v) is 4.34. The minimum atomic E-state index is 0.168. The van der Waals surface area contributed by atoms with Crippen molar-refractivity contribution in [3.05, 3.63) is 17.3 Å². The van der Waals surface area contributed by atoms with E-state index in [4.69, 9.17) is 10.7 Å². The summed E-state index contributed by atoms with van der Waals surface area (Å²) in [6, 6.07) is 0.873. The summed E-state index contributed by atoms with van der Waals surface area (Å²) >= 11 is 1.70. The lowest BCUT2D eigenvalue weighted by atomic mass is 10.2. The molecule has 19 heavy (non-hydrogen) atoms. The smallest absolute Gasteiger partial charge is 0.195 e. The molecular weight excluding hydrogens is 256 g/mol. The Morgan fingerprint density at radius 2 is 2.37 bits per heavy atom. The molecule has 1 unspecified atom stereocenters. The fourth-order valence-corrected chi connectivity index (χ4v) is 3.36. The van der Waals surface area contributed by atoms with Gasteiger partial charge in [-0.25, -0.2) is 4.98 Å². The number of imidazole rings is 1. The van der Waals surface area contributed by atoms with Crippen LogP contribution in [0.1, 0.15) is 38.8 Å². The van der Waals surface area contributed by atoms with Gasteiger partial charge >= 0.3 is 0 Å². The van der Waals surface area contributed by atoms with Gasteiger partial charge < -0.3 is 10.6 Å². The number of hydrogen-bond donors (Lipinski definition) is 1. The van der Waals surface area contributed by atoms with Gasteiger partial charge in [-0.05, 0) is 26.2 Å². The lowest BCUT2D eigenvalue weighted by Gasteiger charge is -2.23. The predicted molar refractivity (Wildman–Crippen MR) is 81.1 cm³/mol. The monoisotopic (exact) mass is 278 g/mol. The zero-order chi connectivity index (χ0) is 13.4. The summed E-state index contributed by atoms with van der Waals surface area (Å²) in [5.74, 6) is 1.17. The highest BCUT2D eigenvalue weighted by atomic mass is 32.1. The number of rotatable bonds is 6. The largest absolute Gasteiger partial charge is 0.352 e. The molecule has 0 spiro atoms. The van der Waals surface area contributed by atoms with Crippen molar-refractivity contribution in [2.75, 3.05) is 11.4 Å². The van der Waals surface area contributed by atoms with E-state index in [9.17, 15) is 0 Å². The standard InChI is InChI=1S/C14H22N4S/c1-3-6-17(11-4-5-11)13-12(9-10(2)15)18-7-8-19-14(18)16-13/h7-8,10-11H,3-6,9,15H2,1-2H3. The summed E-state index contributed by atoms with van der Waals surface area (Å²) in [5, 5.41) is 2.10. The Morgan fingerprint density at radius 3 is 3.00 bits per heavy atom. The Morgan fingerprint density at radius 1 is 1.58 bits per heavy atom. The number of thiazole rings is 1. The second-order valence-electron chi connectivity index (χ2n) is 5.54. The van der Waals surface area contributed by atoms with Crippen molar-refractivity contribution >= 4 is 22.1 Å². The van der Waals surface area contributed by atoms with Crippen LogP contribution in [0.15, 0.2) is 11.6 Å². The van der Waals surface area contributed by atoms with E-state index in [0.717, 1.165) is 17.9 Å². The molecule has 0 radical (unpaired) electrons. The van der Waals surface area contributed by atoms with Crippen LogP contribution in [0.3, 0.4) is 0 Å². The van der Waals surface area contributed by atoms with Crippen LogP contribution < -0.4 is 10.6 Å². The van der Waals surface area contributed by atoms with Gasteiger partial charge in [-0.1, -0.05) is 6.92 Å². The van der Waals surface area contributed by atoms with Gasteiger partial charge in [0.1, 0.15) is 0 Å². The van der Waals surface area contributed by atoms with Gasteiger partial charge in [0.25, 0.3) is 0 Å². The van der Waals surface area contributed by atoms with E-state index < -0.39 is 0 Å². The Kier molecular flexibility index (Phi) is 3.50. The summed E-state index contributed by atoms with van der Waals surface area (Å²) in [7, 11) is 0. The second kappa shape index (κ2) is 5.13. The molecule has 1 saturated carbocycles. The summed E-state index contributed by atoms with van der Waals surface area (Å²) in [5.41, 5.74) is 7.31. The fourth-order valence-electron chi connectivity index (χ4n) is 2.63.